The third kappa shape index (κ3) is 5.43. The maximum atomic E-state index is 13.0. The van der Waals surface area contributed by atoms with E-state index in [0.29, 0.717) is 0 Å². The smallest absolute Gasteiger partial charge is 0.287 e. The molecule has 0 aliphatic carbocycles. The minimum absolute atomic E-state index is 0.0393. The summed E-state index contributed by atoms with van der Waals surface area (Å²) in [7, 11) is 1.62. The second-order valence-corrected chi connectivity index (χ2v) is 6.37. The van der Waals surface area contributed by atoms with Crippen molar-refractivity contribution in [2.24, 2.45) is 0 Å². The van der Waals surface area contributed by atoms with Crippen LogP contribution in [0, 0.1) is 0 Å². The molecule has 4 heteroatoms. The van der Waals surface area contributed by atoms with E-state index in [0.717, 1.165) is 30.0 Å². The van der Waals surface area contributed by atoms with Gasteiger partial charge in [0.05, 0.1) is 13.7 Å². The predicted octanol–water partition coefficient (Wildman–Crippen LogP) is 3.18. The molecule has 0 saturated heterocycles. The molecule has 3 N–H and O–H groups in total. The number of anilines is 1. The molecule has 138 valence electrons. The first kappa shape index (κ1) is 18.7. The lowest BCUT2D eigenvalue weighted by Gasteiger charge is -2.16. The van der Waals surface area contributed by atoms with Crippen LogP contribution in [0.3, 0.4) is 0 Å². The Morgan fingerprint density at radius 1 is 0.963 bits per heavy atom. The fourth-order valence-corrected chi connectivity index (χ4v) is 3.04. The molecule has 1 amide bonds. The number of hydrogen-bond donors (Lipinski definition) is 2. The van der Waals surface area contributed by atoms with Crippen molar-refractivity contribution in [3.63, 3.8) is 0 Å². The number of carbonyl (C=O) groups is 1. The van der Waals surface area contributed by atoms with Gasteiger partial charge in [0, 0.05) is 23.7 Å². The van der Waals surface area contributed by atoms with Gasteiger partial charge in [0.15, 0.2) is 6.04 Å². The Hall–Kier alpha value is -3.11. The molecule has 0 heterocycles. The number of quaternary nitrogens is 1. The van der Waals surface area contributed by atoms with Crippen molar-refractivity contribution in [3.8, 4) is 5.75 Å². The van der Waals surface area contributed by atoms with Crippen molar-refractivity contribution in [2.45, 2.75) is 12.5 Å². The second-order valence-electron chi connectivity index (χ2n) is 6.37. The van der Waals surface area contributed by atoms with Crippen LogP contribution in [-0.2, 0) is 11.2 Å². The average molecular weight is 361 g/mol. The third-order valence-electron chi connectivity index (χ3n) is 4.46. The molecule has 27 heavy (non-hydrogen) atoms. The molecule has 0 unspecified atom stereocenters. The number of rotatable bonds is 8. The molecule has 0 spiro atoms. The number of methoxy groups -OCH3 is 1. The zero-order chi connectivity index (χ0) is 18.9. The van der Waals surface area contributed by atoms with E-state index < -0.39 is 0 Å². The second kappa shape index (κ2) is 9.55. The first-order chi connectivity index (χ1) is 13.3. The van der Waals surface area contributed by atoms with Gasteiger partial charge in [-0.2, -0.15) is 0 Å². The van der Waals surface area contributed by atoms with Crippen LogP contribution < -0.4 is 15.4 Å². The van der Waals surface area contributed by atoms with Gasteiger partial charge in [-0.25, -0.2) is 0 Å². The summed E-state index contributed by atoms with van der Waals surface area (Å²) in [5, 5.41) is 5.11. The quantitative estimate of drug-likeness (QED) is 0.647. The van der Waals surface area contributed by atoms with Crippen LogP contribution in [0.5, 0.6) is 5.75 Å². The van der Waals surface area contributed by atoms with E-state index in [-0.39, 0.29) is 11.9 Å². The van der Waals surface area contributed by atoms with Gasteiger partial charge in [-0.1, -0.05) is 66.7 Å². The summed E-state index contributed by atoms with van der Waals surface area (Å²) in [6.07, 6.45) is 0.913. The fraction of sp³-hybridized carbons (Fsp3) is 0.174. The summed E-state index contributed by atoms with van der Waals surface area (Å²) < 4.78 is 5.24. The highest BCUT2D eigenvalue weighted by Gasteiger charge is 2.24. The lowest BCUT2D eigenvalue weighted by Crippen LogP contribution is -2.87. The van der Waals surface area contributed by atoms with Gasteiger partial charge in [0.25, 0.3) is 5.91 Å². The summed E-state index contributed by atoms with van der Waals surface area (Å²) in [5.74, 6) is 0.680. The van der Waals surface area contributed by atoms with Crippen LogP contribution >= 0.6 is 0 Å². The molecule has 3 aromatic carbocycles. The van der Waals surface area contributed by atoms with Gasteiger partial charge in [-0.15, -0.1) is 0 Å². The molecule has 0 radical (unpaired) electrons. The maximum Gasteiger partial charge on any atom is 0.287 e. The van der Waals surface area contributed by atoms with Crippen LogP contribution in [0.15, 0.2) is 84.9 Å². The highest BCUT2D eigenvalue weighted by Crippen LogP contribution is 2.18. The Balaban J connectivity index is 1.70. The van der Waals surface area contributed by atoms with Gasteiger partial charge < -0.3 is 15.4 Å². The summed E-state index contributed by atoms with van der Waals surface area (Å²) in [6.45, 7) is 0.828. The number of nitrogens with one attached hydrogen (secondary N) is 1. The summed E-state index contributed by atoms with van der Waals surface area (Å²) in [5.41, 5.74) is 3.00. The summed E-state index contributed by atoms with van der Waals surface area (Å²) in [4.78, 5) is 13.0. The van der Waals surface area contributed by atoms with Crippen molar-refractivity contribution in [3.05, 3.63) is 96.1 Å². The number of benzene rings is 3. The summed E-state index contributed by atoms with van der Waals surface area (Å²) >= 11 is 0. The van der Waals surface area contributed by atoms with E-state index in [1.807, 2.05) is 72.8 Å². The minimum atomic E-state index is -0.305. The van der Waals surface area contributed by atoms with E-state index in [1.165, 1.54) is 5.56 Å². The van der Waals surface area contributed by atoms with Crippen LogP contribution in [-0.4, -0.2) is 19.6 Å². The monoisotopic (exact) mass is 361 g/mol. The maximum absolute atomic E-state index is 13.0. The number of hydrogen-bond acceptors (Lipinski definition) is 2. The van der Waals surface area contributed by atoms with Gasteiger partial charge >= 0.3 is 0 Å². The van der Waals surface area contributed by atoms with E-state index in [9.17, 15) is 4.79 Å². The molecule has 0 fully saturated rings. The topological polar surface area (TPSA) is 54.9 Å². The molecule has 0 saturated carbocycles. The Morgan fingerprint density at radius 2 is 1.67 bits per heavy atom. The van der Waals surface area contributed by atoms with E-state index in [1.54, 1.807) is 7.11 Å². The first-order valence-electron chi connectivity index (χ1n) is 9.13. The van der Waals surface area contributed by atoms with Crippen LogP contribution in [0.2, 0.25) is 0 Å². The van der Waals surface area contributed by atoms with Crippen molar-refractivity contribution in [2.75, 3.05) is 19.0 Å². The Labute approximate surface area is 160 Å². The van der Waals surface area contributed by atoms with Gasteiger partial charge in [-0.3, -0.25) is 4.79 Å². The Morgan fingerprint density at radius 3 is 2.37 bits per heavy atom. The molecule has 4 nitrogen and oxygen atoms in total. The highest BCUT2D eigenvalue weighted by atomic mass is 16.5. The van der Waals surface area contributed by atoms with Crippen LogP contribution in [0.25, 0.3) is 0 Å². The number of ether oxygens (including phenoxy) is 1. The Bertz CT molecular complexity index is 851. The van der Waals surface area contributed by atoms with E-state index >= 15 is 0 Å². The lowest BCUT2D eigenvalue weighted by molar-refractivity contribution is -0.682. The highest BCUT2D eigenvalue weighted by molar-refractivity contribution is 5.94. The predicted molar refractivity (Wildman–Crippen MR) is 108 cm³/mol. The zero-order valence-electron chi connectivity index (χ0n) is 15.5. The van der Waals surface area contributed by atoms with Gasteiger partial charge in [0.1, 0.15) is 5.75 Å². The van der Waals surface area contributed by atoms with Crippen molar-refractivity contribution >= 4 is 11.6 Å². The largest absolute Gasteiger partial charge is 0.497 e. The molecule has 0 aromatic heterocycles. The van der Waals surface area contributed by atoms with Crippen molar-refractivity contribution < 1.29 is 14.8 Å². The first-order valence-corrected chi connectivity index (χ1v) is 9.13. The number of amides is 1. The fourth-order valence-electron chi connectivity index (χ4n) is 3.04. The lowest BCUT2D eigenvalue weighted by atomic mass is 10.1. The van der Waals surface area contributed by atoms with E-state index in [2.05, 4.69) is 22.8 Å². The average Bonchev–Trinajstić information content (AvgIpc) is 2.72. The molecule has 3 aromatic rings. The molecule has 0 bridgehead atoms. The molecule has 3 rings (SSSR count). The zero-order valence-corrected chi connectivity index (χ0v) is 15.5. The van der Waals surface area contributed by atoms with Gasteiger partial charge in [-0.05, 0) is 17.7 Å². The van der Waals surface area contributed by atoms with Crippen molar-refractivity contribution in [1.29, 1.82) is 0 Å². The number of carbonyl (C=O) groups excluding carboxylic acids is 1. The molecular weight excluding hydrogens is 336 g/mol. The number of nitrogens with two attached hydrogens (primary N) is 1. The molecule has 0 aliphatic rings. The van der Waals surface area contributed by atoms with Gasteiger partial charge in [0.2, 0.25) is 0 Å². The third-order valence-corrected chi connectivity index (χ3v) is 4.46. The summed E-state index contributed by atoms with van der Waals surface area (Å²) in [6, 6.07) is 27.3. The normalized spacial score (nSPS) is 11.6. The molecule has 0 aliphatic heterocycles. The van der Waals surface area contributed by atoms with Crippen molar-refractivity contribution in [1.82, 2.24) is 0 Å². The molecular formula is C23H25N2O2+. The standard InChI is InChI=1S/C23H24N2O2/c1-27-21-14-8-13-20(17-21)25-23(26)22(19-11-6-3-7-12-19)24-16-15-18-9-4-2-5-10-18/h2-14,17,22,24H,15-16H2,1H3,(H,25,26)/p+1/t22-/m1/s1. The molecule has 1 atom stereocenters. The Kier molecular flexibility index (Phi) is 6.61. The van der Waals surface area contributed by atoms with Crippen LogP contribution in [0.4, 0.5) is 5.69 Å². The van der Waals surface area contributed by atoms with E-state index in [4.69, 9.17) is 4.74 Å². The van der Waals surface area contributed by atoms with Crippen LogP contribution in [0.1, 0.15) is 17.2 Å². The SMILES string of the molecule is COc1cccc(NC(=O)[C@H]([NH2+]CCc2ccccc2)c2ccccc2)c1. The minimum Gasteiger partial charge on any atom is -0.497 e.